The molecule has 1 aliphatic rings. The van der Waals surface area contributed by atoms with Gasteiger partial charge >= 0.3 is 0 Å². The molecule has 3 aromatic rings. The van der Waals surface area contributed by atoms with Crippen molar-refractivity contribution in [2.75, 3.05) is 10.8 Å². The molecule has 0 aliphatic heterocycles. The molecule has 0 aromatic heterocycles. The summed E-state index contributed by atoms with van der Waals surface area (Å²) in [5, 5.41) is 3.15. The predicted molar refractivity (Wildman–Crippen MR) is 158 cm³/mol. The predicted octanol–water partition coefficient (Wildman–Crippen LogP) is 5.59. The van der Waals surface area contributed by atoms with E-state index in [2.05, 4.69) is 5.32 Å². The number of para-hydroxylation sites is 1. The SMILES string of the molecule is CCC(C(=O)NC1CCCCC1)N(Cc1ccc(C)cc1)C(=O)CN(c1ccccc1)S(=O)(=O)c1ccc(F)cc1. The lowest BCUT2D eigenvalue weighted by Gasteiger charge is -2.34. The van der Waals surface area contributed by atoms with Crippen LogP contribution in [0.25, 0.3) is 0 Å². The lowest BCUT2D eigenvalue weighted by molar-refractivity contribution is -0.140. The number of aryl methyl sites for hydroxylation is 1. The van der Waals surface area contributed by atoms with Gasteiger partial charge in [0.15, 0.2) is 0 Å². The molecule has 2 amide bonds. The van der Waals surface area contributed by atoms with E-state index in [-0.39, 0.29) is 23.4 Å². The molecule has 1 unspecified atom stereocenters. The van der Waals surface area contributed by atoms with Gasteiger partial charge in [0.05, 0.1) is 10.6 Å². The van der Waals surface area contributed by atoms with Crippen LogP contribution in [0.4, 0.5) is 10.1 Å². The minimum absolute atomic E-state index is 0.0706. The van der Waals surface area contributed by atoms with Crippen molar-refractivity contribution in [2.45, 2.75) is 75.9 Å². The van der Waals surface area contributed by atoms with Crippen LogP contribution in [0.5, 0.6) is 0 Å². The molecular formula is C32H38FN3O4S. The molecule has 1 N–H and O–H groups in total. The summed E-state index contributed by atoms with van der Waals surface area (Å²) in [6.07, 6.45) is 5.45. The zero-order chi connectivity index (χ0) is 29.4. The molecule has 0 heterocycles. The molecule has 0 saturated heterocycles. The summed E-state index contributed by atoms with van der Waals surface area (Å²) in [5.41, 5.74) is 2.19. The highest BCUT2D eigenvalue weighted by atomic mass is 32.2. The Hall–Kier alpha value is -3.72. The van der Waals surface area contributed by atoms with Crippen LogP contribution in [0.15, 0.2) is 83.8 Å². The van der Waals surface area contributed by atoms with E-state index in [0.29, 0.717) is 12.1 Å². The van der Waals surface area contributed by atoms with Gasteiger partial charge in [0.25, 0.3) is 10.0 Å². The van der Waals surface area contributed by atoms with Crippen LogP contribution in [0, 0.1) is 12.7 Å². The standard InChI is InChI=1S/C32H38FN3O4S/c1-3-30(32(38)34-27-10-6-4-7-11-27)35(22-25-16-14-24(2)15-17-25)31(37)23-36(28-12-8-5-9-13-28)41(39,40)29-20-18-26(33)19-21-29/h5,8-9,12-21,27,30H,3-4,6-7,10-11,22-23H2,1-2H3,(H,34,38). The summed E-state index contributed by atoms with van der Waals surface area (Å²) in [6.45, 7) is 3.44. The van der Waals surface area contributed by atoms with E-state index < -0.39 is 34.3 Å². The van der Waals surface area contributed by atoms with Gasteiger partial charge in [-0.15, -0.1) is 0 Å². The maximum absolute atomic E-state index is 14.1. The Morgan fingerprint density at radius 2 is 1.56 bits per heavy atom. The minimum atomic E-state index is -4.23. The van der Waals surface area contributed by atoms with Gasteiger partial charge < -0.3 is 10.2 Å². The second kappa shape index (κ2) is 13.8. The zero-order valence-corrected chi connectivity index (χ0v) is 24.4. The number of hydrogen-bond acceptors (Lipinski definition) is 4. The first kappa shape index (κ1) is 30.2. The van der Waals surface area contributed by atoms with E-state index >= 15 is 0 Å². The molecule has 9 heteroatoms. The van der Waals surface area contributed by atoms with Crippen LogP contribution in [0.2, 0.25) is 0 Å². The number of sulfonamides is 1. The van der Waals surface area contributed by atoms with Crippen molar-refractivity contribution in [3.8, 4) is 0 Å². The van der Waals surface area contributed by atoms with Gasteiger partial charge in [0, 0.05) is 12.6 Å². The number of carbonyl (C=O) groups is 2. The highest BCUT2D eigenvalue weighted by molar-refractivity contribution is 7.92. The lowest BCUT2D eigenvalue weighted by atomic mass is 9.95. The number of nitrogens with zero attached hydrogens (tertiary/aromatic N) is 2. The highest BCUT2D eigenvalue weighted by Crippen LogP contribution is 2.25. The summed E-state index contributed by atoms with van der Waals surface area (Å²) in [7, 11) is -4.23. The van der Waals surface area contributed by atoms with Crippen molar-refractivity contribution in [3.05, 3.63) is 95.8 Å². The van der Waals surface area contributed by atoms with Gasteiger partial charge in [-0.05, 0) is 68.1 Å². The highest BCUT2D eigenvalue weighted by Gasteiger charge is 2.34. The first-order chi connectivity index (χ1) is 19.7. The van der Waals surface area contributed by atoms with Gasteiger partial charge in [-0.2, -0.15) is 0 Å². The van der Waals surface area contributed by atoms with E-state index in [9.17, 15) is 22.4 Å². The van der Waals surface area contributed by atoms with Crippen LogP contribution in [-0.4, -0.2) is 43.8 Å². The lowest BCUT2D eigenvalue weighted by Crippen LogP contribution is -2.54. The average Bonchev–Trinajstić information content (AvgIpc) is 2.98. The van der Waals surface area contributed by atoms with Crippen molar-refractivity contribution in [3.63, 3.8) is 0 Å². The van der Waals surface area contributed by atoms with E-state index in [4.69, 9.17) is 0 Å². The van der Waals surface area contributed by atoms with Gasteiger partial charge in [-0.25, -0.2) is 12.8 Å². The number of carbonyl (C=O) groups excluding carboxylic acids is 2. The van der Waals surface area contributed by atoms with Crippen LogP contribution in [-0.2, 0) is 26.2 Å². The summed E-state index contributed by atoms with van der Waals surface area (Å²) in [4.78, 5) is 29.0. The Kier molecular flexibility index (Phi) is 10.2. The molecule has 1 fully saturated rings. The van der Waals surface area contributed by atoms with Crippen molar-refractivity contribution in [1.29, 1.82) is 0 Å². The quantitative estimate of drug-likeness (QED) is 0.321. The number of benzene rings is 3. The fourth-order valence-electron chi connectivity index (χ4n) is 5.21. The van der Waals surface area contributed by atoms with Crippen LogP contribution < -0.4 is 9.62 Å². The zero-order valence-electron chi connectivity index (χ0n) is 23.6. The number of anilines is 1. The minimum Gasteiger partial charge on any atom is -0.352 e. The normalized spacial score (nSPS) is 14.7. The van der Waals surface area contributed by atoms with Gasteiger partial charge in [-0.3, -0.25) is 13.9 Å². The van der Waals surface area contributed by atoms with Gasteiger partial charge in [-0.1, -0.05) is 74.2 Å². The molecular weight excluding hydrogens is 541 g/mol. The molecule has 0 bridgehead atoms. The largest absolute Gasteiger partial charge is 0.352 e. The average molecular weight is 580 g/mol. The molecule has 3 aromatic carbocycles. The molecule has 41 heavy (non-hydrogen) atoms. The summed E-state index contributed by atoms with van der Waals surface area (Å²) < 4.78 is 42.2. The van der Waals surface area contributed by atoms with Gasteiger partial charge in [0.2, 0.25) is 11.8 Å². The second-order valence-electron chi connectivity index (χ2n) is 10.6. The molecule has 1 atom stereocenters. The van der Waals surface area contributed by atoms with E-state index in [1.165, 1.54) is 17.0 Å². The molecule has 1 saturated carbocycles. The summed E-state index contributed by atoms with van der Waals surface area (Å²) >= 11 is 0. The third-order valence-corrected chi connectivity index (χ3v) is 9.32. The summed E-state index contributed by atoms with van der Waals surface area (Å²) in [5.74, 6) is -1.30. The first-order valence-corrected chi connectivity index (χ1v) is 15.6. The fourth-order valence-corrected chi connectivity index (χ4v) is 6.62. The van der Waals surface area contributed by atoms with Crippen molar-refractivity contribution >= 4 is 27.5 Å². The fraction of sp³-hybridized carbons (Fsp3) is 0.375. The Balaban J connectivity index is 1.68. The molecule has 218 valence electrons. The second-order valence-corrected chi connectivity index (χ2v) is 12.4. The number of amides is 2. The number of rotatable bonds is 11. The smallest absolute Gasteiger partial charge is 0.264 e. The molecule has 0 spiro atoms. The number of halogens is 1. The molecule has 1 aliphatic carbocycles. The molecule has 7 nitrogen and oxygen atoms in total. The monoisotopic (exact) mass is 579 g/mol. The maximum Gasteiger partial charge on any atom is 0.264 e. The third kappa shape index (κ3) is 7.73. The Morgan fingerprint density at radius 1 is 0.927 bits per heavy atom. The van der Waals surface area contributed by atoms with Crippen LogP contribution in [0.3, 0.4) is 0 Å². The van der Waals surface area contributed by atoms with Crippen molar-refractivity contribution < 1.29 is 22.4 Å². The summed E-state index contributed by atoms with van der Waals surface area (Å²) in [6, 6.07) is 19.8. The Morgan fingerprint density at radius 3 is 2.17 bits per heavy atom. The third-order valence-electron chi connectivity index (χ3n) is 7.54. The number of nitrogens with one attached hydrogen (secondary N) is 1. The topological polar surface area (TPSA) is 86.8 Å². The van der Waals surface area contributed by atoms with E-state index in [0.717, 1.165) is 59.7 Å². The molecule has 4 rings (SSSR count). The Bertz CT molecular complexity index is 1410. The molecule has 0 radical (unpaired) electrons. The van der Waals surface area contributed by atoms with Crippen LogP contribution in [0.1, 0.15) is 56.6 Å². The van der Waals surface area contributed by atoms with Crippen molar-refractivity contribution in [2.24, 2.45) is 0 Å². The van der Waals surface area contributed by atoms with E-state index in [1.807, 2.05) is 38.1 Å². The Labute approximate surface area is 242 Å². The van der Waals surface area contributed by atoms with E-state index in [1.54, 1.807) is 30.3 Å². The van der Waals surface area contributed by atoms with Crippen molar-refractivity contribution in [1.82, 2.24) is 10.2 Å². The van der Waals surface area contributed by atoms with Gasteiger partial charge in [0.1, 0.15) is 18.4 Å². The maximum atomic E-state index is 14.1. The number of hydrogen-bond donors (Lipinski definition) is 1. The van der Waals surface area contributed by atoms with Crippen LogP contribution >= 0.6 is 0 Å². The first-order valence-electron chi connectivity index (χ1n) is 14.2.